The molecule has 0 fully saturated rings. The van der Waals surface area contributed by atoms with Crippen molar-refractivity contribution in [2.75, 3.05) is 26.4 Å². The molecule has 0 aliphatic carbocycles. The Labute approximate surface area is 382 Å². The second kappa shape index (κ2) is 48.9. The average Bonchev–Trinajstić information content (AvgIpc) is 3.26. The lowest BCUT2D eigenvalue weighted by Crippen LogP contribution is -2.29. The van der Waals surface area contributed by atoms with Crippen molar-refractivity contribution in [2.24, 2.45) is 5.73 Å². The number of nitrogens with two attached hydrogens (primary N) is 1. The standard InChI is InChI=1S/C52H100NO8P/c1-3-5-7-9-11-13-15-17-19-21-23-24-25-26-27-29-31-33-35-37-39-41-43-45-52(55)61-50(49-60-62(56,57)59-47-46-53)48-58-51(54)44-42-40-38-36-34-32-30-28-22-20-18-16-14-12-10-8-6-4-2/h15,17,21,23,50H,3-14,16,18-20,22,24-49,53H2,1-2H3,(H,56,57)/b17-15-,23-21-. The van der Waals surface area contributed by atoms with Crippen LogP contribution in [-0.4, -0.2) is 49.3 Å². The fourth-order valence-electron chi connectivity index (χ4n) is 7.67. The number of allylic oxidation sites excluding steroid dienone is 4. The highest BCUT2D eigenvalue weighted by molar-refractivity contribution is 7.47. The van der Waals surface area contributed by atoms with Gasteiger partial charge in [-0.1, -0.05) is 231 Å². The minimum Gasteiger partial charge on any atom is -0.462 e. The number of carbonyl (C=O) groups excluding carboxylic acids is 2. The van der Waals surface area contributed by atoms with E-state index in [2.05, 4.69) is 38.2 Å². The molecular weight excluding hydrogens is 798 g/mol. The maximum absolute atomic E-state index is 12.7. The summed E-state index contributed by atoms with van der Waals surface area (Å²) in [5.74, 6) is -0.816. The second-order valence-corrected chi connectivity index (χ2v) is 19.2. The van der Waals surface area contributed by atoms with Crippen molar-refractivity contribution in [3.63, 3.8) is 0 Å². The highest BCUT2D eigenvalue weighted by atomic mass is 31.2. The monoisotopic (exact) mass is 898 g/mol. The largest absolute Gasteiger partial charge is 0.472 e. The minimum absolute atomic E-state index is 0.0552. The van der Waals surface area contributed by atoms with Crippen LogP contribution in [0.3, 0.4) is 0 Å². The molecule has 9 nitrogen and oxygen atoms in total. The van der Waals surface area contributed by atoms with Crippen LogP contribution in [0.2, 0.25) is 0 Å². The molecule has 0 aliphatic rings. The van der Waals surface area contributed by atoms with E-state index in [9.17, 15) is 19.0 Å². The zero-order valence-corrected chi connectivity index (χ0v) is 41.5. The minimum atomic E-state index is -4.38. The molecule has 0 aromatic rings. The predicted molar refractivity (Wildman–Crippen MR) is 261 cm³/mol. The topological polar surface area (TPSA) is 134 Å². The number of hydrogen-bond acceptors (Lipinski definition) is 8. The van der Waals surface area contributed by atoms with Crippen LogP contribution in [-0.2, 0) is 32.7 Å². The number of phosphoric ester groups is 1. The van der Waals surface area contributed by atoms with Crippen molar-refractivity contribution < 1.29 is 37.6 Å². The van der Waals surface area contributed by atoms with Crippen LogP contribution in [0.1, 0.15) is 264 Å². The molecular formula is C52H100NO8P. The Morgan fingerprint density at radius 2 is 0.839 bits per heavy atom. The van der Waals surface area contributed by atoms with E-state index in [1.807, 2.05) is 0 Å². The number of phosphoric acid groups is 1. The summed E-state index contributed by atoms with van der Waals surface area (Å²) in [5, 5.41) is 0. The summed E-state index contributed by atoms with van der Waals surface area (Å²) in [6.07, 6.45) is 55.0. The Bertz CT molecular complexity index is 1070. The summed E-state index contributed by atoms with van der Waals surface area (Å²) in [4.78, 5) is 35.1. The van der Waals surface area contributed by atoms with Crippen molar-refractivity contribution in [3.05, 3.63) is 24.3 Å². The summed E-state index contributed by atoms with van der Waals surface area (Å²) in [6.45, 7) is 3.77. The molecule has 0 rings (SSSR count). The van der Waals surface area contributed by atoms with Gasteiger partial charge in [-0.05, 0) is 44.9 Å². The zero-order chi connectivity index (χ0) is 45.3. The number of unbranched alkanes of at least 4 members (excludes halogenated alkanes) is 33. The maximum Gasteiger partial charge on any atom is 0.472 e. The third-order valence-electron chi connectivity index (χ3n) is 11.6. The second-order valence-electron chi connectivity index (χ2n) is 17.8. The van der Waals surface area contributed by atoms with Crippen LogP contribution in [0.25, 0.3) is 0 Å². The first-order chi connectivity index (χ1) is 30.3. The Morgan fingerprint density at radius 3 is 1.23 bits per heavy atom. The van der Waals surface area contributed by atoms with E-state index in [1.54, 1.807) is 0 Å². The number of hydrogen-bond donors (Lipinski definition) is 2. The summed E-state index contributed by atoms with van der Waals surface area (Å²) in [7, 11) is -4.38. The third kappa shape index (κ3) is 48.0. The average molecular weight is 898 g/mol. The fourth-order valence-corrected chi connectivity index (χ4v) is 8.43. The van der Waals surface area contributed by atoms with Crippen molar-refractivity contribution in [2.45, 2.75) is 270 Å². The first-order valence-electron chi connectivity index (χ1n) is 26.3. The molecule has 0 aromatic carbocycles. The van der Waals surface area contributed by atoms with Crippen LogP contribution >= 0.6 is 7.82 Å². The molecule has 0 amide bonds. The molecule has 62 heavy (non-hydrogen) atoms. The molecule has 0 saturated heterocycles. The van der Waals surface area contributed by atoms with Gasteiger partial charge in [0.1, 0.15) is 6.61 Å². The van der Waals surface area contributed by atoms with Crippen LogP contribution in [0.15, 0.2) is 24.3 Å². The first kappa shape index (κ1) is 60.5. The molecule has 0 saturated carbocycles. The molecule has 0 radical (unpaired) electrons. The van der Waals surface area contributed by atoms with Crippen LogP contribution < -0.4 is 5.73 Å². The Balaban J connectivity index is 4.00. The normalized spacial score (nSPS) is 13.3. The van der Waals surface area contributed by atoms with Gasteiger partial charge < -0.3 is 20.1 Å². The molecule has 0 heterocycles. The lowest BCUT2D eigenvalue weighted by molar-refractivity contribution is -0.161. The van der Waals surface area contributed by atoms with E-state index in [0.717, 1.165) is 44.9 Å². The molecule has 2 atom stereocenters. The summed E-state index contributed by atoms with van der Waals surface area (Å²) < 4.78 is 33.0. The molecule has 2 unspecified atom stereocenters. The van der Waals surface area contributed by atoms with Crippen molar-refractivity contribution in [3.8, 4) is 0 Å². The van der Waals surface area contributed by atoms with Crippen LogP contribution in [0.4, 0.5) is 0 Å². The summed E-state index contributed by atoms with van der Waals surface area (Å²) in [5.41, 5.74) is 5.37. The summed E-state index contributed by atoms with van der Waals surface area (Å²) in [6, 6.07) is 0. The van der Waals surface area contributed by atoms with Gasteiger partial charge in [0, 0.05) is 19.4 Å². The number of rotatable bonds is 50. The molecule has 0 aromatic heterocycles. The molecule has 3 N–H and O–H groups in total. The molecule has 366 valence electrons. The van der Waals surface area contributed by atoms with Gasteiger partial charge in [0.15, 0.2) is 6.10 Å². The molecule has 0 bridgehead atoms. The lowest BCUT2D eigenvalue weighted by atomic mass is 10.0. The van der Waals surface area contributed by atoms with Gasteiger partial charge >= 0.3 is 19.8 Å². The van der Waals surface area contributed by atoms with Crippen molar-refractivity contribution >= 4 is 19.8 Å². The van der Waals surface area contributed by atoms with Crippen LogP contribution in [0.5, 0.6) is 0 Å². The highest BCUT2D eigenvalue weighted by Crippen LogP contribution is 2.43. The van der Waals surface area contributed by atoms with Gasteiger partial charge in [0.25, 0.3) is 0 Å². The van der Waals surface area contributed by atoms with Gasteiger partial charge in [0.05, 0.1) is 13.2 Å². The Kier molecular flexibility index (Phi) is 47.7. The smallest absolute Gasteiger partial charge is 0.462 e. The number of ether oxygens (including phenoxy) is 2. The van der Waals surface area contributed by atoms with Crippen molar-refractivity contribution in [1.29, 1.82) is 0 Å². The number of carbonyl (C=O) groups is 2. The third-order valence-corrected chi connectivity index (χ3v) is 12.6. The van der Waals surface area contributed by atoms with E-state index in [0.29, 0.717) is 6.42 Å². The Hall–Kier alpha value is -1.51. The predicted octanol–water partition coefficient (Wildman–Crippen LogP) is 15.9. The zero-order valence-electron chi connectivity index (χ0n) is 40.6. The van der Waals surface area contributed by atoms with E-state index < -0.39 is 26.5 Å². The summed E-state index contributed by atoms with van der Waals surface area (Å²) >= 11 is 0. The van der Waals surface area contributed by atoms with E-state index in [1.165, 1.54) is 186 Å². The van der Waals surface area contributed by atoms with Crippen LogP contribution in [0, 0.1) is 0 Å². The molecule has 0 aliphatic heterocycles. The lowest BCUT2D eigenvalue weighted by Gasteiger charge is -2.19. The molecule has 0 spiro atoms. The van der Waals surface area contributed by atoms with Gasteiger partial charge in [0.2, 0.25) is 0 Å². The fraction of sp³-hybridized carbons (Fsp3) is 0.885. The Morgan fingerprint density at radius 1 is 0.484 bits per heavy atom. The van der Waals surface area contributed by atoms with Crippen molar-refractivity contribution in [1.82, 2.24) is 0 Å². The SMILES string of the molecule is CCCCCCC/C=C\C/C=C\CCCCCCCCCCCCCC(=O)OC(COC(=O)CCCCCCCCCCCCCCCCCCCC)COP(=O)(O)OCCN. The highest BCUT2D eigenvalue weighted by Gasteiger charge is 2.26. The quantitative estimate of drug-likeness (QED) is 0.0265. The van der Waals surface area contributed by atoms with Gasteiger partial charge in [-0.25, -0.2) is 4.57 Å². The maximum atomic E-state index is 12.7. The van der Waals surface area contributed by atoms with E-state index in [-0.39, 0.29) is 38.6 Å². The van der Waals surface area contributed by atoms with Gasteiger partial charge in [-0.2, -0.15) is 0 Å². The van der Waals surface area contributed by atoms with E-state index in [4.69, 9.17) is 24.3 Å². The number of esters is 2. The first-order valence-corrected chi connectivity index (χ1v) is 27.8. The van der Waals surface area contributed by atoms with E-state index >= 15 is 0 Å². The van der Waals surface area contributed by atoms with Gasteiger partial charge in [-0.3, -0.25) is 18.6 Å². The van der Waals surface area contributed by atoms with Gasteiger partial charge in [-0.15, -0.1) is 0 Å². The molecule has 10 heteroatoms.